The van der Waals surface area contributed by atoms with Crippen molar-refractivity contribution in [3.63, 3.8) is 0 Å². The van der Waals surface area contributed by atoms with Gasteiger partial charge in [-0.15, -0.1) is 5.10 Å². The van der Waals surface area contributed by atoms with Gasteiger partial charge in [0, 0.05) is 13.2 Å². The molecule has 0 saturated heterocycles. The van der Waals surface area contributed by atoms with Gasteiger partial charge >= 0.3 is 5.97 Å². The number of hydrogen-bond donors (Lipinski definition) is 0. The van der Waals surface area contributed by atoms with E-state index in [1.807, 2.05) is 19.9 Å². The van der Waals surface area contributed by atoms with Crippen LogP contribution in [0.1, 0.15) is 21.5 Å². The summed E-state index contributed by atoms with van der Waals surface area (Å²) in [5.41, 5.74) is 3.22. The summed E-state index contributed by atoms with van der Waals surface area (Å²) >= 11 is 1.35. The number of aryl methyl sites for hydroxylation is 3. The van der Waals surface area contributed by atoms with Gasteiger partial charge in [0.15, 0.2) is 4.80 Å². The van der Waals surface area contributed by atoms with Crippen molar-refractivity contribution in [1.29, 1.82) is 0 Å². The molecule has 0 radical (unpaired) electrons. The first-order valence-corrected chi connectivity index (χ1v) is 8.99. The molecule has 1 aromatic carbocycles. The number of amides is 1. The normalized spacial score (nSPS) is 11.8. The van der Waals surface area contributed by atoms with E-state index in [0.717, 1.165) is 21.3 Å². The number of ether oxygens (including phenoxy) is 2. The highest BCUT2D eigenvalue weighted by Crippen LogP contribution is 2.24. The van der Waals surface area contributed by atoms with Crippen molar-refractivity contribution in [1.82, 2.24) is 14.3 Å². The number of hydrogen-bond acceptors (Lipinski definition) is 6. The van der Waals surface area contributed by atoms with Crippen LogP contribution in [-0.2, 0) is 23.1 Å². The molecule has 27 heavy (non-hydrogen) atoms. The lowest BCUT2D eigenvalue weighted by Gasteiger charge is -2.05. The third kappa shape index (κ3) is 3.63. The van der Waals surface area contributed by atoms with E-state index in [2.05, 4.69) is 16.2 Å². The van der Waals surface area contributed by atoms with Crippen LogP contribution >= 0.6 is 11.3 Å². The lowest BCUT2D eigenvalue weighted by atomic mass is 10.1. The van der Waals surface area contributed by atoms with Crippen LogP contribution in [0.4, 0.5) is 0 Å². The second kappa shape index (κ2) is 7.36. The smallest absolute Gasteiger partial charge is 0.325 e. The molecule has 0 aliphatic carbocycles. The fourth-order valence-corrected chi connectivity index (χ4v) is 3.93. The molecule has 0 fully saturated rings. The van der Waals surface area contributed by atoms with Gasteiger partial charge in [-0.1, -0.05) is 17.4 Å². The maximum atomic E-state index is 12.7. The van der Waals surface area contributed by atoms with Gasteiger partial charge in [0.1, 0.15) is 12.1 Å². The fraction of sp³-hybridized carbons (Fsp3) is 0.333. The van der Waals surface area contributed by atoms with Crippen molar-refractivity contribution in [2.24, 2.45) is 12.0 Å². The number of methoxy groups -OCH3 is 2. The molecule has 0 unspecified atom stereocenters. The first kappa shape index (κ1) is 18.8. The molecule has 0 bridgehead atoms. The predicted molar refractivity (Wildman–Crippen MR) is 101 cm³/mol. The zero-order chi connectivity index (χ0) is 19.7. The molecule has 3 rings (SSSR count). The maximum Gasteiger partial charge on any atom is 0.325 e. The summed E-state index contributed by atoms with van der Waals surface area (Å²) in [4.78, 5) is 29.3. The van der Waals surface area contributed by atoms with Gasteiger partial charge in [0.05, 0.1) is 24.4 Å². The molecule has 0 atom stereocenters. The Morgan fingerprint density at radius 1 is 1.26 bits per heavy atom. The summed E-state index contributed by atoms with van der Waals surface area (Å²) in [5, 5.41) is 4.08. The van der Waals surface area contributed by atoms with E-state index >= 15 is 0 Å². The highest BCUT2D eigenvalue weighted by atomic mass is 32.1. The molecule has 0 saturated carbocycles. The number of aromatic nitrogens is 3. The molecule has 2 heterocycles. The van der Waals surface area contributed by atoms with E-state index in [1.165, 1.54) is 30.2 Å². The third-order valence-electron chi connectivity index (χ3n) is 4.05. The average molecular weight is 388 g/mol. The van der Waals surface area contributed by atoms with Crippen LogP contribution in [0.15, 0.2) is 23.3 Å². The van der Waals surface area contributed by atoms with Crippen molar-refractivity contribution < 1.29 is 19.1 Å². The summed E-state index contributed by atoms with van der Waals surface area (Å²) in [5.74, 6) is -0.694. The molecule has 9 heteroatoms. The van der Waals surface area contributed by atoms with E-state index in [0.29, 0.717) is 4.80 Å². The first-order valence-electron chi connectivity index (χ1n) is 8.18. The number of fused-ring (bicyclic) bond motifs is 1. The quantitative estimate of drug-likeness (QED) is 0.638. The standard InChI is InChI=1S/C18H20N4O4S/c1-10-6-11(2)15-13(7-10)22(9-14(23)25-4)18(27-15)19-16(24)12-8-21(3)20-17(12)26-5/h6-8H,9H2,1-5H3. The molecule has 1 amide bonds. The number of nitrogens with zero attached hydrogens (tertiary/aromatic N) is 4. The molecular weight excluding hydrogens is 368 g/mol. The van der Waals surface area contributed by atoms with Crippen LogP contribution in [0, 0.1) is 13.8 Å². The first-order chi connectivity index (χ1) is 12.8. The largest absolute Gasteiger partial charge is 0.479 e. The van der Waals surface area contributed by atoms with E-state index in [9.17, 15) is 9.59 Å². The van der Waals surface area contributed by atoms with Gasteiger partial charge < -0.3 is 14.0 Å². The molecule has 0 aliphatic heterocycles. The van der Waals surface area contributed by atoms with Crippen LogP contribution in [0.25, 0.3) is 10.2 Å². The topological polar surface area (TPSA) is 87.7 Å². The molecule has 0 aliphatic rings. The Labute approximate surface area is 159 Å². The predicted octanol–water partition coefficient (Wildman–Crippen LogP) is 1.98. The molecule has 0 spiro atoms. The average Bonchev–Trinajstić information content (AvgIpc) is 3.16. The summed E-state index contributed by atoms with van der Waals surface area (Å²) in [6, 6.07) is 4.02. The van der Waals surface area contributed by atoms with Crippen LogP contribution in [-0.4, -0.2) is 40.4 Å². The molecule has 0 N–H and O–H groups in total. The summed E-state index contributed by atoms with van der Waals surface area (Å²) in [7, 11) is 4.47. The van der Waals surface area contributed by atoms with Crippen molar-refractivity contribution in [3.05, 3.63) is 39.8 Å². The van der Waals surface area contributed by atoms with Gasteiger partial charge in [0.25, 0.3) is 5.91 Å². The molecule has 3 aromatic rings. The number of benzene rings is 1. The molecule has 8 nitrogen and oxygen atoms in total. The van der Waals surface area contributed by atoms with Gasteiger partial charge in [-0.05, 0) is 31.0 Å². The lowest BCUT2D eigenvalue weighted by Crippen LogP contribution is -2.22. The lowest BCUT2D eigenvalue weighted by molar-refractivity contribution is -0.141. The minimum atomic E-state index is -0.487. The Balaban J connectivity index is 2.21. The van der Waals surface area contributed by atoms with Gasteiger partial charge in [-0.2, -0.15) is 4.99 Å². The van der Waals surface area contributed by atoms with Gasteiger partial charge in [-0.3, -0.25) is 14.3 Å². The van der Waals surface area contributed by atoms with Gasteiger partial charge in [0.2, 0.25) is 5.88 Å². The summed E-state index contributed by atoms with van der Waals surface area (Å²) in [6.45, 7) is 3.94. The number of carbonyl (C=O) groups excluding carboxylic acids is 2. The minimum absolute atomic E-state index is 0.0321. The Bertz CT molecular complexity index is 1110. The molecule has 142 valence electrons. The van der Waals surface area contributed by atoms with E-state index in [-0.39, 0.29) is 18.0 Å². The van der Waals surface area contributed by atoms with Crippen LogP contribution < -0.4 is 9.54 Å². The second-order valence-electron chi connectivity index (χ2n) is 6.12. The highest BCUT2D eigenvalue weighted by Gasteiger charge is 2.18. The number of rotatable bonds is 4. The van der Waals surface area contributed by atoms with Gasteiger partial charge in [-0.25, -0.2) is 0 Å². The SMILES string of the molecule is COC(=O)Cn1c(=NC(=O)c2cn(C)nc2OC)sc2c(C)cc(C)cc21. The Hall–Kier alpha value is -2.94. The van der Waals surface area contributed by atoms with Crippen molar-refractivity contribution in [3.8, 4) is 5.88 Å². The van der Waals surface area contributed by atoms with Crippen LogP contribution in [0.3, 0.4) is 0 Å². The number of carbonyl (C=O) groups is 2. The third-order valence-corrected chi connectivity index (χ3v) is 5.27. The monoisotopic (exact) mass is 388 g/mol. The fourth-order valence-electron chi connectivity index (χ4n) is 2.86. The van der Waals surface area contributed by atoms with E-state index in [1.54, 1.807) is 17.8 Å². The summed E-state index contributed by atoms with van der Waals surface area (Å²) in [6.07, 6.45) is 1.55. The minimum Gasteiger partial charge on any atom is -0.479 e. The molecule has 2 aromatic heterocycles. The Morgan fingerprint density at radius 3 is 2.67 bits per heavy atom. The Morgan fingerprint density at radius 2 is 2.00 bits per heavy atom. The zero-order valence-electron chi connectivity index (χ0n) is 15.8. The highest BCUT2D eigenvalue weighted by molar-refractivity contribution is 7.16. The van der Waals surface area contributed by atoms with Crippen molar-refractivity contribution >= 4 is 33.4 Å². The second-order valence-corrected chi connectivity index (χ2v) is 7.10. The number of esters is 1. The van der Waals surface area contributed by atoms with Crippen molar-refractivity contribution in [2.45, 2.75) is 20.4 Å². The van der Waals surface area contributed by atoms with E-state index in [4.69, 9.17) is 9.47 Å². The number of thiazole rings is 1. The van der Waals surface area contributed by atoms with Crippen molar-refractivity contribution in [2.75, 3.05) is 14.2 Å². The maximum absolute atomic E-state index is 12.7. The summed E-state index contributed by atoms with van der Waals surface area (Å²) < 4.78 is 14.1. The van der Waals surface area contributed by atoms with Crippen LogP contribution in [0.2, 0.25) is 0 Å². The zero-order valence-corrected chi connectivity index (χ0v) is 16.6. The molecular formula is C18H20N4O4S. The van der Waals surface area contributed by atoms with E-state index < -0.39 is 11.9 Å². The van der Waals surface area contributed by atoms with Crippen LogP contribution in [0.5, 0.6) is 5.88 Å². The Kier molecular flexibility index (Phi) is 5.13.